The van der Waals surface area contributed by atoms with E-state index < -0.39 is 11.1 Å². The molecule has 1 amide bonds. The minimum Gasteiger partial charge on any atom is -0.444 e. The summed E-state index contributed by atoms with van der Waals surface area (Å²) in [5.74, 6) is -0.168. The number of carbonyl (C=O) groups excluding carboxylic acids is 1. The number of aryl methyl sites for hydroxylation is 1. The zero-order valence-corrected chi connectivity index (χ0v) is 18.3. The zero-order chi connectivity index (χ0) is 22.6. The van der Waals surface area contributed by atoms with Gasteiger partial charge < -0.3 is 15.4 Å². The van der Waals surface area contributed by atoms with Gasteiger partial charge in [-0.05, 0) is 57.5 Å². The molecule has 4 rings (SSSR count). The molecule has 31 heavy (non-hydrogen) atoms. The van der Waals surface area contributed by atoms with E-state index in [1.165, 1.54) is 12.3 Å². The van der Waals surface area contributed by atoms with E-state index >= 15 is 0 Å². The highest BCUT2D eigenvalue weighted by Crippen LogP contribution is 2.45. The Hall–Kier alpha value is -2.43. The van der Waals surface area contributed by atoms with Crippen LogP contribution in [-0.4, -0.2) is 50.0 Å². The molecule has 1 saturated heterocycles. The molecule has 1 unspecified atom stereocenters. The first-order valence-corrected chi connectivity index (χ1v) is 10.7. The average Bonchev–Trinajstić information content (AvgIpc) is 3.31. The molecule has 2 N–H and O–H groups in total. The summed E-state index contributed by atoms with van der Waals surface area (Å²) < 4.78 is 45.8. The van der Waals surface area contributed by atoms with Crippen LogP contribution in [0.3, 0.4) is 0 Å². The molecule has 0 radical (unpaired) electrons. The number of alkyl halides is 3. The van der Waals surface area contributed by atoms with E-state index in [2.05, 4.69) is 10.1 Å². The number of hydrogen-bond acceptors (Lipinski definition) is 6. The fourth-order valence-electron chi connectivity index (χ4n) is 4.17. The summed E-state index contributed by atoms with van der Waals surface area (Å²) in [6.07, 6.45) is 2.73. The summed E-state index contributed by atoms with van der Waals surface area (Å²) in [4.78, 5) is 18.0. The van der Waals surface area contributed by atoms with Crippen LogP contribution in [0, 0.1) is 0 Å². The second-order valence-electron chi connectivity index (χ2n) is 8.98. The fourth-order valence-corrected chi connectivity index (χ4v) is 4.77. The van der Waals surface area contributed by atoms with E-state index in [9.17, 15) is 18.0 Å². The predicted octanol–water partition coefficient (Wildman–Crippen LogP) is 4.42. The molecule has 2 aliphatic heterocycles. The Bertz CT molecular complexity index is 1020. The minimum atomic E-state index is -4.45. The van der Waals surface area contributed by atoms with Gasteiger partial charge in [0.15, 0.2) is 0 Å². The van der Waals surface area contributed by atoms with Crippen molar-refractivity contribution in [1.29, 1.82) is 0 Å². The summed E-state index contributed by atoms with van der Waals surface area (Å²) in [7, 11) is 0. The van der Waals surface area contributed by atoms with E-state index in [-0.39, 0.29) is 34.0 Å². The lowest BCUT2D eigenvalue weighted by molar-refractivity contribution is -0.0328. The number of fused-ring (bicyclic) bond motifs is 2. The summed E-state index contributed by atoms with van der Waals surface area (Å²) in [5, 5.41) is 4.59. The quantitative estimate of drug-likeness (QED) is 0.675. The van der Waals surface area contributed by atoms with Crippen LogP contribution in [0.15, 0.2) is 23.2 Å². The number of rotatable bonds is 2. The number of anilines is 1. The molecule has 168 valence electrons. The number of pyridine rings is 1. The Morgan fingerprint density at radius 2 is 1.94 bits per heavy atom. The van der Waals surface area contributed by atoms with Gasteiger partial charge >= 0.3 is 11.6 Å². The lowest BCUT2D eigenvalue weighted by Gasteiger charge is -2.26. The van der Waals surface area contributed by atoms with Crippen molar-refractivity contribution in [1.82, 2.24) is 19.7 Å². The SMILES string of the molecule is CC(C)(C)OC(=O)N1CCC2(CCn3nc(-c4cnc(N)c(SC(F)(F)F)c4)cc32)C1. The lowest BCUT2D eigenvalue weighted by Crippen LogP contribution is -2.37. The minimum absolute atomic E-state index is 0.148. The second kappa shape index (κ2) is 7.32. The number of thioether (sulfide) groups is 1. The number of hydrogen-bond donors (Lipinski definition) is 1. The molecule has 1 spiro atoms. The van der Waals surface area contributed by atoms with Gasteiger partial charge in [-0.2, -0.15) is 18.3 Å². The van der Waals surface area contributed by atoms with E-state index in [0.29, 0.717) is 30.9 Å². The molecule has 2 aromatic rings. The van der Waals surface area contributed by atoms with Crippen molar-refractivity contribution in [2.45, 2.75) is 61.6 Å². The van der Waals surface area contributed by atoms with Crippen LogP contribution >= 0.6 is 11.8 Å². The van der Waals surface area contributed by atoms with Crippen molar-refractivity contribution < 1.29 is 22.7 Å². The first-order chi connectivity index (χ1) is 14.4. The number of nitrogens with zero attached hydrogens (tertiary/aromatic N) is 4. The molecule has 0 bridgehead atoms. The second-order valence-corrected chi connectivity index (χ2v) is 10.1. The molecule has 4 heterocycles. The Morgan fingerprint density at radius 1 is 1.23 bits per heavy atom. The number of aromatic nitrogens is 3. The molecule has 0 saturated carbocycles. The zero-order valence-electron chi connectivity index (χ0n) is 17.5. The van der Waals surface area contributed by atoms with Crippen LogP contribution in [0.4, 0.5) is 23.8 Å². The molecule has 2 aromatic heterocycles. The van der Waals surface area contributed by atoms with Gasteiger partial charge in [-0.1, -0.05) is 0 Å². The van der Waals surface area contributed by atoms with Gasteiger partial charge in [-0.15, -0.1) is 0 Å². The molecule has 11 heteroatoms. The highest BCUT2D eigenvalue weighted by atomic mass is 32.2. The summed E-state index contributed by atoms with van der Waals surface area (Å²) in [6, 6.07) is 3.26. The van der Waals surface area contributed by atoms with Gasteiger partial charge in [-0.3, -0.25) is 4.68 Å². The third-order valence-electron chi connectivity index (χ3n) is 5.53. The van der Waals surface area contributed by atoms with Gasteiger partial charge in [-0.25, -0.2) is 9.78 Å². The third kappa shape index (κ3) is 4.46. The Kier molecular flexibility index (Phi) is 5.14. The molecule has 0 aromatic carbocycles. The highest BCUT2D eigenvalue weighted by molar-refractivity contribution is 8.00. The number of nitrogens with two attached hydrogens (primary N) is 1. The maximum absolute atomic E-state index is 12.8. The summed E-state index contributed by atoms with van der Waals surface area (Å²) in [5.41, 5.74) is 2.37. The lowest BCUT2D eigenvalue weighted by atomic mass is 9.82. The summed E-state index contributed by atoms with van der Waals surface area (Å²) >= 11 is -0.287. The number of ether oxygens (including phenoxy) is 1. The van der Waals surface area contributed by atoms with E-state index in [0.717, 1.165) is 18.5 Å². The highest BCUT2D eigenvalue weighted by Gasteiger charge is 2.47. The first-order valence-electron chi connectivity index (χ1n) is 9.93. The van der Waals surface area contributed by atoms with Crippen molar-refractivity contribution in [3.8, 4) is 11.3 Å². The largest absolute Gasteiger partial charge is 0.446 e. The molecule has 2 aliphatic rings. The van der Waals surface area contributed by atoms with Crippen molar-refractivity contribution in [3.05, 3.63) is 24.0 Å². The third-order valence-corrected chi connectivity index (χ3v) is 6.31. The monoisotopic (exact) mass is 455 g/mol. The number of amides is 1. The van der Waals surface area contributed by atoms with E-state index in [1.54, 1.807) is 4.90 Å². The van der Waals surface area contributed by atoms with Gasteiger partial charge in [0, 0.05) is 42.5 Å². The smallest absolute Gasteiger partial charge is 0.444 e. The molecule has 7 nitrogen and oxygen atoms in total. The normalized spacial score (nSPS) is 21.0. The van der Waals surface area contributed by atoms with Crippen molar-refractivity contribution >= 4 is 23.7 Å². The van der Waals surface area contributed by atoms with Gasteiger partial charge in [0.2, 0.25) is 0 Å². The predicted molar refractivity (Wildman–Crippen MR) is 111 cm³/mol. The standard InChI is InChI=1S/C20H24F3N5O2S/c1-18(2,3)30-17(29)27-6-4-19(11-27)5-7-28-15(19)9-13(26-28)12-8-14(16(24)25-10-12)31-20(21,22)23/h8-10H,4-7,11H2,1-3H3,(H2,24,25). The maximum atomic E-state index is 12.8. The summed E-state index contributed by atoms with van der Waals surface area (Å²) in [6.45, 7) is 7.30. The first kappa shape index (κ1) is 21.8. The number of halogens is 3. The van der Waals surface area contributed by atoms with Crippen molar-refractivity contribution in [3.63, 3.8) is 0 Å². The molecule has 1 atom stereocenters. The van der Waals surface area contributed by atoms with Crippen LogP contribution in [0.1, 0.15) is 39.3 Å². The van der Waals surface area contributed by atoms with Crippen LogP contribution in [0.2, 0.25) is 0 Å². The topological polar surface area (TPSA) is 86.3 Å². The van der Waals surface area contributed by atoms with Crippen LogP contribution < -0.4 is 5.73 Å². The van der Waals surface area contributed by atoms with Gasteiger partial charge in [0.25, 0.3) is 0 Å². The Balaban J connectivity index is 1.58. The van der Waals surface area contributed by atoms with Gasteiger partial charge in [0.1, 0.15) is 11.4 Å². The van der Waals surface area contributed by atoms with Crippen LogP contribution in [-0.2, 0) is 16.7 Å². The number of likely N-dealkylation sites (tertiary alicyclic amines) is 1. The fraction of sp³-hybridized carbons (Fsp3) is 0.550. The maximum Gasteiger partial charge on any atom is 0.446 e. The number of nitrogen functional groups attached to an aromatic ring is 1. The molecular formula is C20H24F3N5O2S. The van der Waals surface area contributed by atoms with E-state index in [4.69, 9.17) is 10.5 Å². The van der Waals surface area contributed by atoms with E-state index in [1.807, 2.05) is 31.5 Å². The van der Waals surface area contributed by atoms with Gasteiger partial charge in [0.05, 0.1) is 10.6 Å². The average molecular weight is 456 g/mol. The Labute approximate surface area is 182 Å². The van der Waals surface area contributed by atoms with Crippen molar-refractivity contribution in [2.24, 2.45) is 0 Å². The molecular weight excluding hydrogens is 431 g/mol. The molecule has 1 fully saturated rings. The van der Waals surface area contributed by atoms with Crippen LogP contribution in [0.5, 0.6) is 0 Å². The van der Waals surface area contributed by atoms with Crippen LogP contribution in [0.25, 0.3) is 11.3 Å². The van der Waals surface area contributed by atoms with Crippen molar-refractivity contribution in [2.75, 3.05) is 18.8 Å². The molecule has 0 aliphatic carbocycles. The number of carbonyl (C=O) groups is 1. The Morgan fingerprint density at radius 3 is 2.61 bits per heavy atom.